The Labute approximate surface area is 86.3 Å². The van der Waals surface area contributed by atoms with Crippen molar-refractivity contribution in [1.82, 2.24) is 10.2 Å². The summed E-state index contributed by atoms with van der Waals surface area (Å²) in [5, 5.41) is 10.4. The highest BCUT2D eigenvalue weighted by Crippen LogP contribution is 2.22. The summed E-state index contributed by atoms with van der Waals surface area (Å²) in [5.41, 5.74) is 0.561. The Bertz CT molecular complexity index is 466. The molecular weight excluding hydrogens is 220 g/mol. The molecule has 3 N–H and O–H groups in total. The molecule has 0 radical (unpaired) electrons. The van der Waals surface area contributed by atoms with Crippen molar-refractivity contribution in [2.45, 2.75) is 11.7 Å². The van der Waals surface area contributed by atoms with E-state index in [0.29, 0.717) is 5.69 Å². The first-order valence-corrected chi connectivity index (χ1v) is 5.90. The largest absolute Gasteiger partial charge is 0.308 e. The van der Waals surface area contributed by atoms with Crippen molar-refractivity contribution < 1.29 is 13.2 Å². The van der Waals surface area contributed by atoms with Crippen molar-refractivity contribution in [3.05, 3.63) is 12.4 Å². The highest BCUT2D eigenvalue weighted by atomic mass is 32.2. The molecule has 1 saturated heterocycles. The number of sulfonamides is 1. The molecule has 1 aliphatic heterocycles. The summed E-state index contributed by atoms with van der Waals surface area (Å²) in [7, 11) is -3.65. The quantitative estimate of drug-likeness (QED) is 0.665. The molecule has 1 amide bonds. The molecule has 0 aromatic carbocycles. The van der Waals surface area contributed by atoms with Crippen LogP contribution in [0.25, 0.3) is 0 Å². The number of aromatic nitrogens is 2. The normalized spacial score (nSPS) is 22.3. The van der Waals surface area contributed by atoms with Gasteiger partial charge in [-0.05, 0) is 0 Å². The minimum Gasteiger partial charge on any atom is -0.308 e. The van der Waals surface area contributed by atoms with Gasteiger partial charge in [-0.15, -0.1) is 0 Å². The van der Waals surface area contributed by atoms with Crippen LogP contribution in [0, 0.1) is 0 Å². The van der Waals surface area contributed by atoms with Gasteiger partial charge in [-0.1, -0.05) is 0 Å². The lowest BCUT2D eigenvalue weighted by Crippen LogP contribution is -2.31. The maximum atomic E-state index is 11.5. The molecule has 2 rings (SSSR count). The first-order valence-electron chi connectivity index (χ1n) is 4.29. The van der Waals surface area contributed by atoms with Crippen molar-refractivity contribution in [3.8, 4) is 0 Å². The highest BCUT2D eigenvalue weighted by molar-refractivity contribution is 7.89. The van der Waals surface area contributed by atoms with Gasteiger partial charge >= 0.3 is 0 Å². The maximum Gasteiger partial charge on any atom is 0.228 e. The van der Waals surface area contributed by atoms with Crippen molar-refractivity contribution >= 4 is 21.6 Å². The Morgan fingerprint density at radius 3 is 2.80 bits per heavy atom. The third-order valence-corrected chi connectivity index (χ3v) is 3.59. The third-order valence-electron chi connectivity index (χ3n) is 2.35. The Morgan fingerprint density at radius 2 is 2.33 bits per heavy atom. The van der Waals surface area contributed by atoms with Crippen LogP contribution in [-0.2, 0) is 14.8 Å². The zero-order valence-electron chi connectivity index (χ0n) is 7.75. The number of H-pyrrole nitrogens is 1. The number of anilines is 1. The van der Waals surface area contributed by atoms with Gasteiger partial charge in [0.25, 0.3) is 0 Å². The predicted octanol–water partition coefficient (Wildman–Crippen LogP) is -1.20. The Hall–Kier alpha value is -1.41. The molecule has 15 heavy (non-hydrogen) atoms. The number of hydrogen-bond acceptors (Lipinski definition) is 4. The van der Waals surface area contributed by atoms with E-state index in [-0.39, 0.29) is 18.9 Å². The number of carbonyl (C=O) groups excluding carboxylic acids is 1. The molecule has 0 spiro atoms. The number of nitrogens with zero attached hydrogens (tertiary/aromatic N) is 2. The molecule has 1 atom stereocenters. The van der Waals surface area contributed by atoms with E-state index in [1.807, 2.05) is 0 Å². The lowest BCUT2D eigenvalue weighted by Gasteiger charge is -2.12. The van der Waals surface area contributed by atoms with E-state index in [1.54, 1.807) is 0 Å². The zero-order chi connectivity index (χ0) is 11.1. The van der Waals surface area contributed by atoms with Crippen molar-refractivity contribution in [1.29, 1.82) is 0 Å². The average Bonchev–Trinajstić information content (AvgIpc) is 2.69. The average molecular weight is 230 g/mol. The molecule has 1 aromatic heterocycles. The molecule has 1 fully saturated rings. The lowest BCUT2D eigenvalue weighted by molar-refractivity contribution is -0.117. The zero-order valence-corrected chi connectivity index (χ0v) is 8.57. The summed E-state index contributed by atoms with van der Waals surface area (Å²) in [5.74, 6) is -0.254. The predicted molar refractivity (Wildman–Crippen MR) is 52.5 cm³/mol. The fraction of sp³-hybridized carbons (Fsp3) is 0.429. The second-order valence-corrected chi connectivity index (χ2v) is 5.22. The monoisotopic (exact) mass is 230 g/mol. The molecule has 1 unspecified atom stereocenters. The van der Waals surface area contributed by atoms with E-state index < -0.39 is 15.3 Å². The summed E-state index contributed by atoms with van der Waals surface area (Å²) >= 11 is 0. The van der Waals surface area contributed by atoms with E-state index >= 15 is 0 Å². The smallest absolute Gasteiger partial charge is 0.228 e. The fourth-order valence-electron chi connectivity index (χ4n) is 1.54. The van der Waals surface area contributed by atoms with Gasteiger partial charge in [-0.3, -0.25) is 9.89 Å². The number of rotatable bonds is 2. The first kappa shape index (κ1) is 10.1. The van der Waals surface area contributed by atoms with Gasteiger partial charge in [0.05, 0.1) is 11.9 Å². The van der Waals surface area contributed by atoms with Crippen LogP contribution in [0.1, 0.15) is 6.42 Å². The number of nitrogens with two attached hydrogens (primary N) is 1. The van der Waals surface area contributed by atoms with E-state index in [2.05, 4.69) is 10.2 Å². The van der Waals surface area contributed by atoms with Crippen LogP contribution < -0.4 is 10.0 Å². The van der Waals surface area contributed by atoms with Crippen LogP contribution >= 0.6 is 0 Å². The van der Waals surface area contributed by atoms with Crippen LogP contribution in [-0.4, -0.2) is 36.3 Å². The number of carbonyl (C=O) groups is 1. The minimum absolute atomic E-state index is 0.0655. The number of primary sulfonamides is 1. The van der Waals surface area contributed by atoms with Crippen molar-refractivity contribution in [2.24, 2.45) is 5.14 Å². The summed E-state index contributed by atoms with van der Waals surface area (Å²) in [6.45, 7) is 0.0944. The molecule has 8 heteroatoms. The topological polar surface area (TPSA) is 109 Å². The summed E-state index contributed by atoms with van der Waals surface area (Å²) in [6.07, 6.45) is 2.93. The summed E-state index contributed by atoms with van der Waals surface area (Å²) in [6, 6.07) is 0. The Balaban J connectivity index is 2.23. The van der Waals surface area contributed by atoms with E-state index in [1.165, 1.54) is 17.3 Å². The van der Waals surface area contributed by atoms with Crippen molar-refractivity contribution in [2.75, 3.05) is 11.4 Å². The molecule has 2 heterocycles. The molecule has 1 aromatic rings. The molecule has 7 nitrogen and oxygen atoms in total. The van der Waals surface area contributed by atoms with Gasteiger partial charge < -0.3 is 4.90 Å². The molecule has 0 bridgehead atoms. The van der Waals surface area contributed by atoms with Gasteiger partial charge in [0.2, 0.25) is 15.9 Å². The lowest BCUT2D eigenvalue weighted by atomic mass is 10.4. The van der Waals surface area contributed by atoms with Gasteiger partial charge in [-0.2, -0.15) is 5.10 Å². The molecule has 0 aliphatic carbocycles. The van der Waals surface area contributed by atoms with Gasteiger partial charge in [0.1, 0.15) is 5.25 Å². The molecule has 1 aliphatic rings. The summed E-state index contributed by atoms with van der Waals surface area (Å²) < 4.78 is 22.1. The van der Waals surface area contributed by atoms with Crippen molar-refractivity contribution in [3.63, 3.8) is 0 Å². The summed E-state index contributed by atoms with van der Waals surface area (Å²) in [4.78, 5) is 12.9. The SMILES string of the molecule is NS(=O)(=O)C1CC(=O)N(c2cn[nH]c2)C1. The molecule has 0 saturated carbocycles. The van der Waals surface area contributed by atoms with Gasteiger partial charge in [0, 0.05) is 19.2 Å². The second kappa shape index (κ2) is 3.31. The van der Waals surface area contributed by atoms with Gasteiger partial charge in [0.15, 0.2) is 0 Å². The standard InChI is InChI=1S/C7H10N4O3S/c8-15(13,14)6-1-7(12)11(4-6)5-2-9-10-3-5/h2-3,6H,1,4H2,(H,9,10)(H2,8,13,14). The van der Waals surface area contributed by atoms with Gasteiger partial charge in [-0.25, -0.2) is 13.6 Å². The first-order chi connectivity index (χ1) is 6.98. The van der Waals surface area contributed by atoms with Crippen LogP contribution in [0.4, 0.5) is 5.69 Å². The minimum atomic E-state index is -3.65. The molecule has 82 valence electrons. The number of nitrogens with one attached hydrogen (secondary N) is 1. The van der Waals surface area contributed by atoms with Crippen LogP contribution in [0.15, 0.2) is 12.4 Å². The van der Waals surface area contributed by atoms with E-state index in [9.17, 15) is 13.2 Å². The van der Waals surface area contributed by atoms with Crippen LogP contribution in [0.3, 0.4) is 0 Å². The number of amides is 1. The van der Waals surface area contributed by atoms with Crippen LogP contribution in [0.2, 0.25) is 0 Å². The fourth-order valence-corrected chi connectivity index (χ4v) is 2.27. The van der Waals surface area contributed by atoms with E-state index in [4.69, 9.17) is 5.14 Å². The van der Waals surface area contributed by atoms with Crippen LogP contribution in [0.5, 0.6) is 0 Å². The highest BCUT2D eigenvalue weighted by Gasteiger charge is 2.37. The Morgan fingerprint density at radius 1 is 1.60 bits per heavy atom. The molecular formula is C7H10N4O3S. The number of aromatic amines is 1. The second-order valence-electron chi connectivity index (χ2n) is 3.38. The third kappa shape index (κ3) is 1.85. The maximum absolute atomic E-state index is 11.5. The Kier molecular flexibility index (Phi) is 2.24. The van der Waals surface area contributed by atoms with E-state index in [0.717, 1.165) is 0 Å². The number of hydrogen-bond donors (Lipinski definition) is 2.